The van der Waals surface area contributed by atoms with Crippen molar-refractivity contribution in [3.8, 4) is 0 Å². The minimum Gasteiger partial charge on any atom is -0.329 e. The Balaban J connectivity index is 1.92. The van der Waals surface area contributed by atoms with E-state index >= 15 is 0 Å². The number of hydrogen-bond acceptors (Lipinski definition) is 2. The fourth-order valence-electron chi connectivity index (χ4n) is 4.49. The zero-order valence-electron chi connectivity index (χ0n) is 13.1. The van der Waals surface area contributed by atoms with Gasteiger partial charge in [-0.15, -0.1) is 0 Å². The molecular weight excluding hydrogens is 232 g/mol. The van der Waals surface area contributed by atoms with E-state index in [1.165, 1.54) is 64.3 Å². The summed E-state index contributed by atoms with van der Waals surface area (Å²) in [6.45, 7) is 6.89. The lowest BCUT2D eigenvalue weighted by atomic mass is 9.88. The van der Waals surface area contributed by atoms with Crippen molar-refractivity contribution in [3.05, 3.63) is 0 Å². The van der Waals surface area contributed by atoms with Crippen LogP contribution in [0.4, 0.5) is 0 Å². The molecule has 2 nitrogen and oxygen atoms in total. The third-order valence-corrected chi connectivity index (χ3v) is 5.62. The molecule has 4 unspecified atom stereocenters. The summed E-state index contributed by atoms with van der Waals surface area (Å²) in [7, 11) is 0. The highest BCUT2D eigenvalue weighted by Crippen LogP contribution is 2.33. The van der Waals surface area contributed by atoms with E-state index < -0.39 is 0 Å². The fraction of sp³-hybridized carbons (Fsp3) is 1.00. The summed E-state index contributed by atoms with van der Waals surface area (Å²) in [6.07, 6.45) is 12.8. The van der Waals surface area contributed by atoms with Gasteiger partial charge in [-0.05, 0) is 50.5 Å². The smallest absolute Gasteiger partial charge is 0.0246 e. The van der Waals surface area contributed by atoms with Crippen LogP contribution in [0.15, 0.2) is 0 Å². The molecule has 0 aromatic rings. The van der Waals surface area contributed by atoms with Crippen LogP contribution in [-0.4, -0.2) is 30.1 Å². The summed E-state index contributed by atoms with van der Waals surface area (Å²) in [5.74, 6) is 1.81. The lowest BCUT2D eigenvalue weighted by Crippen LogP contribution is -2.53. The van der Waals surface area contributed by atoms with Gasteiger partial charge in [0.25, 0.3) is 0 Å². The molecule has 112 valence electrons. The Morgan fingerprint density at radius 1 is 1.05 bits per heavy atom. The van der Waals surface area contributed by atoms with Gasteiger partial charge in [-0.2, -0.15) is 0 Å². The molecule has 0 aromatic heterocycles. The monoisotopic (exact) mass is 266 g/mol. The van der Waals surface area contributed by atoms with Gasteiger partial charge >= 0.3 is 0 Å². The Morgan fingerprint density at radius 3 is 2.63 bits per heavy atom. The van der Waals surface area contributed by atoms with Crippen molar-refractivity contribution >= 4 is 0 Å². The molecule has 0 aromatic carbocycles. The largest absolute Gasteiger partial charge is 0.329 e. The Hall–Kier alpha value is -0.0800. The molecule has 2 aliphatic rings. The minimum atomic E-state index is 0.654. The van der Waals surface area contributed by atoms with E-state index in [4.69, 9.17) is 5.73 Å². The van der Waals surface area contributed by atoms with Gasteiger partial charge in [0.15, 0.2) is 0 Å². The topological polar surface area (TPSA) is 29.3 Å². The molecule has 4 atom stereocenters. The summed E-state index contributed by atoms with van der Waals surface area (Å²) < 4.78 is 0. The number of hydrogen-bond donors (Lipinski definition) is 1. The zero-order valence-corrected chi connectivity index (χ0v) is 13.1. The van der Waals surface area contributed by atoms with Crippen molar-refractivity contribution in [2.75, 3.05) is 13.1 Å². The molecule has 0 spiro atoms. The maximum Gasteiger partial charge on any atom is 0.0246 e. The third-order valence-electron chi connectivity index (χ3n) is 5.62. The fourth-order valence-corrected chi connectivity index (χ4v) is 4.49. The van der Waals surface area contributed by atoms with Crippen LogP contribution in [0.1, 0.15) is 71.6 Å². The molecule has 0 radical (unpaired) electrons. The molecular formula is C17H34N2. The van der Waals surface area contributed by atoms with Crippen molar-refractivity contribution in [3.63, 3.8) is 0 Å². The molecule has 2 heteroatoms. The normalized spacial score (nSPS) is 38.1. The Kier molecular flexibility index (Phi) is 6.15. The standard InChI is InChI=1S/C17H34N2/c1-3-6-15-8-4-9-16(11-10-15)19-12-5-7-14(2)17(19)13-18/h14-17H,3-13,18H2,1-2H3. The van der Waals surface area contributed by atoms with Crippen LogP contribution in [0.2, 0.25) is 0 Å². The predicted molar refractivity (Wildman–Crippen MR) is 83.2 cm³/mol. The SMILES string of the molecule is CCCC1CCCC(N2CCCC(C)C2CN)CC1. The maximum absolute atomic E-state index is 6.06. The van der Waals surface area contributed by atoms with Crippen LogP contribution in [0.5, 0.6) is 0 Å². The van der Waals surface area contributed by atoms with Crippen molar-refractivity contribution in [1.29, 1.82) is 0 Å². The van der Waals surface area contributed by atoms with Crippen LogP contribution in [0.3, 0.4) is 0 Å². The van der Waals surface area contributed by atoms with Gasteiger partial charge in [-0.1, -0.05) is 39.5 Å². The highest BCUT2D eigenvalue weighted by molar-refractivity contribution is 4.88. The van der Waals surface area contributed by atoms with Gasteiger partial charge in [0, 0.05) is 18.6 Å². The van der Waals surface area contributed by atoms with E-state index in [-0.39, 0.29) is 0 Å². The lowest BCUT2D eigenvalue weighted by Gasteiger charge is -2.44. The van der Waals surface area contributed by atoms with Crippen LogP contribution in [0.25, 0.3) is 0 Å². The average Bonchev–Trinajstić information content (AvgIpc) is 2.64. The molecule has 1 saturated heterocycles. The van der Waals surface area contributed by atoms with Gasteiger partial charge in [-0.25, -0.2) is 0 Å². The first-order valence-corrected chi connectivity index (χ1v) is 8.72. The zero-order chi connectivity index (χ0) is 13.7. The molecule has 1 heterocycles. The summed E-state index contributed by atoms with van der Waals surface area (Å²) in [5, 5.41) is 0. The van der Waals surface area contributed by atoms with E-state index in [1.807, 2.05) is 0 Å². The molecule has 0 bridgehead atoms. The van der Waals surface area contributed by atoms with Crippen molar-refractivity contribution in [2.45, 2.75) is 83.7 Å². The lowest BCUT2D eigenvalue weighted by molar-refractivity contribution is 0.0546. The molecule has 2 fully saturated rings. The first-order valence-electron chi connectivity index (χ1n) is 8.72. The van der Waals surface area contributed by atoms with E-state index in [0.29, 0.717) is 6.04 Å². The number of likely N-dealkylation sites (tertiary alicyclic amines) is 1. The quantitative estimate of drug-likeness (QED) is 0.784. The second kappa shape index (κ2) is 7.64. The summed E-state index contributed by atoms with van der Waals surface area (Å²) in [5.41, 5.74) is 6.06. The highest BCUT2D eigenvalue weighted by atomic mass is 15.2. The van der Waals surface area contributed by atoms with Crippen LogP contribution < -0.4 is 5.73 Å². The van der Waals surface area contributed by atoms with E-state index in [0.717, 1.165) is 24.4 Å². The van der Waals surface area contributed by atoms with Crippen molar-refractivity contribution in [1.82, 2.24) is 4.90 Å². The molecule has 1 aliphatic heterocycles. The van der Waals surface area contributed by atoms with Gasteiger partial charge < -0.3 is 5.73 Å². The van der Waals surface area contributed by atoms with Gasteiger partial charge in [0.2, 0.25) is 0 Å². The molecule has 2 rings (SSSR count). The molecule has 1 saturated carbocycles. The molecule has 19 heavy (non-hydrogen) atoms. The molecule has 2 N–H and O–H groups in total. The second-order valence-electron chi connectivity index (χ2n) is 6.98. The maximum atomic E-state index is 6.06. The molecule has 0 amide bonds. The Labute approximate surface area is 120 Å². The first kappa shape index (κ1) is 15.3. The number of nitrogens with two attached hydrogens (primary N) is 1. The Morgan fingerprint density at radius 2 is 1.89 bits per heavy atom. The summed E-state index contributed by atoms with van der Waals surface area (Å²) >= 11 is 0. The van der Waals surface area contributed by atoms with Gasteiger partial charge in [0.1, 0.15) is 0 Å². The van der Waals surface area contributed by atoms with Crippen molar-refractivity contribution < 1.29 is 0 Å². The molecule has 1 aliphatic carbocycles. The third kappa shape index (κ3) is 3.95. The summed E-state index contributed by atoms with van der Waals surface area (Å²) in [6, 6.07) is 1.49. The van der Waals surface area contributed by atoms with Crippen LogP contribution in [0, 0.1) is 11.8 Å². The van der Waals surface area contributed by atoms with Gasteiger partial charge in [0.05, 0.1) is 0 Å². The number of rotatable bonds is 4. The Bertz CT molecular complexity index is 254. The first-order chi connectivity index (χ1) is 9.26. The van der Waals surface area contributed by atoms with Gasteiger partial charge in [-0.3, -0.25) is 4.90 Å². The number of nitrogens with zero attached hydrogens (tertiary/aromatic N) is 1. The average molecular weight is 266 g/mol. The van der Waals surface area contributed by atoms with E-state index in [2.05, 4.69) is 18.7 Å². The van der Waals surface area contributed by atoms with E-state index in [9.17, 15) is 0 Å². The second-order valence-corrected chi connectivity index (χ2v) is 6.98. The van der Waals surface area contributed by atoms with Crippen LogP contribution >= 0.6 is 0 Å². The van der Waals surface area contributed by atoms with E-state index in [1.54, 1.807) is 0 Å². The highest BCUT2D eigenvalue weighted by Gasteiger charge is 2.33. The van der Waals surface area contributed by atoms with Crippen LogP contribution in [-0.2, 0) is 0 Å². The van der Waals surface area contributed by atoms with Crippen molar-refractivity contribution in [2.24, 2.45) is 17.6 Å². The summed E-state index contributed by atoms with van der Waals surface area (Å²) in [4.78, 5) is 2.79. The predicted octanol–water partition coefficient (Wildman–Crippen LogP) is 3.79. The number of piperidine rings is 1. The minimum absolute atomic E-state index is 0.654.